The first-order chi connectivity index (χ1) is 6.63. The van der Waals surface area contributed by atoms with Crippen LogP contribution in [0.1, 0.15) is 41.5 Å². The van der Waals surface area contributed by atoms with E-state index in [-0.39, 0.29) is 17.8 Å². The Balaban J connectivity index is 4.50. The summed E-state index contributed by atoms with van der Waals surface area (Å²) in [7, 11) is 0. The summed E-state index contributed by atoms with van der Waals surface area (Å²) in [6.07, 6.45) is 0. The molecule has 0 aliphatic carbocycles. The summed E-state index contributed by atoms with van der Waals surface area (Å²) in [6, 6.07) is -0.568. The summed E-state index contributed by atoms with van der Waals surface area (Å²) in [4.78, 5) is 22.6. The van der Waals surface area contributed by atoms with Gasteiger partial charge in [0.1, 0.15) is 11.6 Å². The predicted molar refractivity (Wildman–Crippen MR) is 58.3 cm³/mol. The summed E-state index contributed by atoms with van der Waals surface area (Å²) < 4.78 is 5.21. The molecule has 15 heavy (non-hydrogen) atoms. The van der Waals surface area contributed by atoms with E-state index in [2.05, 4.69) is 5.32 Å². The van der Waals surface area contributed by atoms with Gasteiger partial charge in [-0.2, -0.15) is 0 Å². The lowest BCUT2D eigenvalue weighted by Crippen LogP contribution is -2.46. The average Bonchev–Trinajstić information content (AvgIpc) is 1.95. The molecule has 1 unspecified atom stereocenters. The highest BCUT2D eigenvalue weighted by atomic mass is 16.6. The molecule has 0 aliphatic heterocycles. The molecule has 0 aromatic carbocycles. The number of nitrogens with one attached hydrogen (secondary N) is 1. The Hall–Kier alpha value is -1.06. The fourth-order valence-electron chi connectivity index (χ4n) is 1.08. The summed E-state index contributed by atoms with van der Waals surface area (Å²) in [5.41, 5.74) is -0.525. The van der Waals surface area contributed by atoms with Crippen LogP contribution in [-0.2, 0) is 14.3 Å². The first-order valence-electron chi connectivity index (χ1n) is 5.13. The fourth-order valence-corrected chi connectivity index (χ4v) is 1.08. The number of hydrogen-bond acceptors (Lipinski definition) is 3. The van der Waals surface area contributed by atoms with Gasteiger partial charge in [-0.1, -0.05) is 13.8 Å². The largest absolute Gasteiger partial charge is 0.458 e. The highest BCUT2D eigenvalue weighted by Gasteiger charge is 2.28. The van der Waals surface area contributed by atoms with Crippen LogP contribution >= 0.6 is 0 Å². The van der Waals surface area contributed by atoms with Crippen LogP contribution < -0.4 is 5.32 Å². The molecule has 0 fully saturated rings. The van der Waals surface area contributed by atoms with Gasteiger partial charge in [0.15, 0.2) is 0 Å². The highest BCUT2D eigenvalue weighted by molar-refractivity contribution is 5.83. The van der Waals surface area contributed by atoms with Crippen LogP contribution in [0.2, 0.25) is 0 Å². The Labute approximate surface area is 91.4 Å². The van der Waals surface area contributed by atoms with E-state index in [1.807, 2.05) is 13.8 Å². The van der Waals surface area contributed by atoms with Crippen molar-refractivity contribution in [1.29, 1.82) is 0 Å². The molecule has 0 aromatic rings. The average molecular weight is 215 g/mol. The van der Waals surface area contributed by atoms with Gasteiger partial charge in [0.05, 0.1) is 0 Å². The molecule has 0 aliphatic rings. The third kappa shape index (κ3) is 6.10. The first kappa shape index (κ1) is 13.9. The zero-order valence-electron chi connectivity index (χ0n) is 10.4. The van der Waals surface area contributed by atoms with Gasteiger partial charge in [0.25, 0.3) is 0 Å². The molecule has 0 aromatic heterocycles. The van der Waals surface area contributed by atoms with E-state index >= 15 is 0 Å². The maximum atomic E-state index is 11.7. The number of carbonyl (C=O) groups is 2. The van der Waals surface area contributed by atoms with Gasteiger partial charge in [-0.25, -0.2) is 4.79 Å². The van der Waals surface area contributed by atoms with Crippen molar-refractivity contribution in [2.45, 2.75) is 53.2 Å². The maximum Gasteiger partial charge on any atom is 0.329 e. The van der Waals surface area contributed by atoms with Gasteiger partial charge < -0.3 is 10.1 Å². The summed E-state index contributed by atoms with van der Waals surface area (Å²) >= 11 is 0. The lowest BCUT2D eigenvalue weighted by atomic mass is 10.0. The minimum Gasteiger partial charge on any atom is -0.458 e. The molecule has 0 heterocycles. The van der Waals surface area contributed by atoms with Crippen molar-refractivity contribution in [1.82, 2.24) is 5.32 Å². The number of hydrogen-bond donors (Lipinski definition) is 1. The number of amides is 1. The quantitative estimate of drug-likeness (QED) is 0.726. The normalized spacial score (nSPS) is 13.5. The molecule has 4 heteroatoms. The molecule has 0 saturated heterocycles. The van der Waals surface area contributed by atoms with Crippen molar-refractivity contribution in [3.63, 3.8) is 0 Å². The van der Waals surface area contributed by atoms with Gasteiger partial charge in [0.2, 0.25) is 5.91 Å². The smallest absolute Gasteiger partial charge is 0.329 e. The van der Waals surface area contributed by atoms with Crippen molar-refractivity contribution in [3.8, 4) is 0 Å². The number of esters is 1. The highest BCUT2D eigenvalue weighted by Crippen LogP contribution is 2.12. The van der Waals surface area contributed by atoms with Gasteiger partial charge in [-0.15, -0.1) is 0 Å². The van der Waals surface area contributed by atoms with Crippen LogP contribution in [0, 0.1) is 5.92 Å². The fraction of sp³-hybridized carbons (Fsp3) is 0.818. The van der Waals surface area contributed by atoms with Crippen molar-refractivity contribution in [3.05, 3.63) is 0 Å². The molecule has 88 valence electrons. The topological polar surface area (TPSA) is 55.4 Å². The lowest BCUT2D eigenvalue weighted by Gasteiger charge is -2.26. The molecule has 0 spiro atoms. The molecule has 1 amide bonds. The third-order valence-electron chi connectivity index (χ3n) is 1.69. The minimum absolute atomic E-state index is 0.0174. The molecule has 1 N–H and O–H groups in total. The van der Waals surface area contributed by atoms with Crippen molar-refractivity contribution >= 4 is 11.9 Å². The van der Waals surface area contributed by atoms with E-state index in [1.54, 1.807) is 20.8 Å². The van der Waals surface area contributed by atoms with Crippen LogP contribution in [0.5, 0.6) is 0 Å². The Morgan fingerprint density at radius 1 is 1.20 bits per heavy atom. The van der Waals surface area contributed by atoms with Crippen molar-refractivity contribution in [2.75, 3.05) is 0 Å². The van der Waals surface area contributed by atoms with E-state index < -0.39 is 11.6 Å². The first-order valence-corrected chi connectivity index (χ1v) is 5.13. The standard InChI is InChI=1S/C11H21NO3/c1-7(2)9(12-8(3)13)10(14)15-11(4,5)6/h7,9H,1-6H3,(H,12,13). The number of ether oxygens (including phenoxy) is 1. The molecule has 0 rings (SSSR count). The van der Waals surface area contributed by atoms with Crippen molar-refractivity contribution < 1.29 is 14.3 Å². The second-order valence-electron chi connectivity index (χ2n) is 4.96. The van der Waals surface area contributed by atoms with Crippen LogP contribution in [0.25, 0.3) is 0 Å². The number of carbonyl (C=O) groups excluding carboxylic acids is 2. The molecular weight excluding hydrogens is 194 g/mol. The van der Waals surface area contributed by atoms with Gasteiger partial charge in [-0.05, 0) is 26.7 Å². The van der Waals surface area contributed by atoms with E-state index in [0.29, 0.717) is 0 Å². The third-order valence-corrected chi connectivity index (χ3v) is 1.69. The molecule has 0 saturated carbocycles. The second kappa shape index (κ2) is 5.14. The lowest BCUT2D eigenvalue weighted by molar-refractivity contribution is -0.159. The summed E-state index contributed by atoms with van der Waals surface area (Å²) in [5.74, 6) is -0.587. The van der Waals surface area contributed by atoms with Gasteiger partial charge in [-0.3, -0.25) is 4.79 Å². The summed E-state index contributed by atoms with van der Waals surface area (Å²) in [5, 5.41) is 2.59. The van der Waals surface area contributed by atoms with E-state index in [0.717, 1.165) is 0 Å². The monoisotopic (exact) mass is 215 g/mol. The molecule has 0 bridgehead atoms. The zero-order valence-corrected chi connectivity index (χ0v) is 10.4. The second-order valence-corrected chi connectivity index (χ2v) is 4.96. The van der Waals surface area contributed by atoms with Crippen LogP contribution in [0.3, 0.4) is 0 Å². The maximum absolute atomic E-state index is 11.7. The molecule has 1 atom stereocenters. The SMILES string of the molecule is CC(=O)NC(C(=O)OC(C)(C)C)C(C)C. The van der Waals surface area contributed by atoms with Crippen molar-refractivity contribution in [2.24, 2.45) is 5.92 Å². The van der Waals surface area contributed by atoms with Crippen LogP contribution in [-0.4, -0.2) is 23.5 Å². The predicted octanol–water partition coefficient (Wildman–Crippen LogP) is 1.49. The Bertz CT molecular complexity index is 241. The van der Waals surface area contributed by atoms with Gasteiger partial charge >= 0.3 is 5.97 Å². The Morgan fingerprint density at radius 2 is 1.67 bits per heavy atom. The molecule has 4 nitrogen and oxygen atoms in total. The summed E-state index contributed by atoms with van der Waals surface area (Å²) in [6.45, 7) is 10.5. The zero-order chi connectivity index (χ0) is 12.2. The van der Waals surface area contributed by atoms with E-state index in [1.165, 1.54) is 6.92 Å². The minimum atomic E-state index is -0.568. The van der Waals surface area contributed by atoms with E-state index in [9.17, 15) is 9.59 Å². The van der Waals surface area contributed by atoms with Gasteiger partial charge in [0, 0.05) is 6.92 Å². The molecular formula is C11H21NO3. The molecule has 0 radical (unpaired) electrons. The Morgan fingerprint density at radius 3 is 1.93 bits per heavy atom. The Kier molecular flexibility index (Phi) is 4.78. The van der Waals surface area contributed by atoms with Crippen LogP contribution in [0.15, 0.2) is 0 Å². The van der Waals surface area contributed by atoms with Crippen LogP contribution in [0.4, 0.5) is 0 Å². The number of rotatable bonds is 3. The van der Waals surface area contributed by atoms with E-state index in [4.69, 9.17) is 4.74 Å².